The third kappa shape index (κ3) is 5.73. The fourth-order valence-corrected chi connectivity index (χ4v) is 6.24. The molecule has 2 atom stereocenters. The number of benzene rings is 2. The number of anilines is 1. The molecule has 4 rings (SSSR count). The molecule has 2 aliphatic rings. The number of hydrogen-bond acceptors (Lipinski definition) is 4. The molecule has 0 aliphatic carbocycles. The molecule has 0 saturated carbocycles. The molecule has 178 valence electrons. The van der Waals surface area contributed by atoms with E-state index in [0.29, 0.717) is 31.8 Å². The second kappa shape index (κ2) is 10.2. The molecule has 0 spiro atoms. The Morgan fingerprint density at radius 2 is 1.70 bits per heavy atom. The maximum atomic E-state index is 13.2. The molecule has 2 saturated heterocycles. The van der Waals surface area contributed by atoms with Crippen molar-refractivity contribution < 1.29 is 17.6 Å². The van der Waals surface area contributed by atoms with Crippen LogP contribution in [0.2, 0.25) is 0 Å². The number of carbonyl (C=O) groups is 1. The quantitative estimate of drug-likeness (QED) is 0.693. The van der Waals surface area contributed by atoms with Crippen LogP contribution >= 0.6 is 0 Å². The van der Waals surface area contributed by atoms with Crippen molar-refractivity contribution in [2.75, 3.05) is 31.1 Å². The van der Waals surface area contributed by atoms with E-state index in [0.717, 1.165) is 30.8 Å². The Hall–Kier alpha value is -2.45. The van der Waals surface area contributed by atoms with E-state index in [-0.39, 0.29) is 17.3 Å². The monoisotopic (exact) mass is 473 g/mol. The summed E-state index contributed by atoms with van der Waals surface area (Å²) >= 11 is 0. The average Bonchev–Trinajstić information content (AvgIpc) is 2.83. The average molecular weight is 474 g/mol. The van der Waals surface area contributed by atoms with Gasteiger partial charge in [-0.1, -0.05) is 19.1 Å². The van der Waals surface area contributed by atoms with Crippen LogP contribution in [0.15, 0.2) is 53.4 Å². The van der Waals surface area contributed by atoms with Crippen LogP contribution in [-0.4, -0.2) is 44.8 Å². The van der Waals surface area contributed by atoms with Gasteiger partial charge in [0, 0.05) is 38.4 Å². The van der Waals surface area contributed by atoms with E-state index >= 15 is 0 Å². The van der Waals surface area contributed by atoms with Gasteiger partial charge in [-0.05, 0) is 73.6 Å². The minimum atomic E-state index is -3.75. The zero-order valence-electron chi connectivity index (χ0n) is 19.0. The number of piperidine rings is 2. The van der Waals surface area contributed by atoms with Crippen molar-refractivity contribution in [3.8, 4) is 0 Å². The van der Waals surface area contributed by atoms with Crippen molar-refractivity contribution >= 4 is 21.6 Å². The highest BCUT2D eigenvalue weighted by molar-refractivity contribution is 7.89. The van der Waals surface area contributed by atoms with E-state index in [9.17, 15) is 17.6 Å². The Bertz CT molecular complexity index is 1060. The molecule has 1 N–H and O–H groups in total. The van der Waals surface area contributed by atoms with Crippen molar-refractivity contribution in [1.29, 1.82) is 0 Å². The van der Waals surface area contributed by atoms with E-state index in [2.05, 4.69) is 29.3 Å². The molecular formula is C25H32FN3O3S. The highest BCUT2D eigenvalue weighted by Gasteiger charge is 2.33. The van der Waals surface area contributed by atoms with Gasteiger partial charge in [-0.15, -0.1) is 0 Å². The fraction of sp³-hybridized carbons (Fsp3) is 0.480. The Morgan fingerprint density at radius 1 is 1.00 bits per heavy atom. The Labute approximate surface area is 195 Å². The predicted molar refractivity (Wildman–Crippen MR) is 127 cm³/mol. The zero-order valence-corrected chi connectivity index (χ0v) is 19.9. The number of nitrogens with one attached hydrogen (secondary N) is 1. The second-order valence-corrected chi connectivity index (χ2v) is 11.2. The molecule has 0 bridgehead atoms. The van der Waals surface area contributed by atoms with Crippen LogP contribution in [0.5, 0.6) is 0 Å². The molecule has 33 heavy (non-hydrogen) atoms. The molecule has 0 unspecified atom stereocenters. The summed E-state index contributed by atoms with van der Waals surface area (Å²) in [5.41, 5.74) is 2.23. The van der Waals surface area contributed by atoms with Gasteiger partial charge in [0.1, 0.15) is 5.82 Å². The van der Waals surface area contributed by atoms with Crippen molar-refractivity contribution in [3.05, 3.63) is 59.9 Å². The summed E-state index contributed by atoms with van der Waals surface area (Å²) in [6.45, 7) is 5.36. The highest BCUT2D eigenvalue weighted by atomic mass is 32.2. The standard InChI is InChI=1S/C25H32FN3O3S/c1-19-4-2-14-28(17-19)23-10-6-20(7-11-23)16-27-25(30)21-5-3-15-29(18-21)33(31,32)24-12-8-22(26)9-13-24/h6-13,19,21H,2-5,14-18H2,1H3,(H,27,30)/t19-,21+/m0/s1. The van der Waals surface area contributed by atoms with Crippen LogP contribution in [0, 0.1) is 17.7 Å². The normalized spacial score (nSPS) is 22.2. The smallest absolute Gasteiger partial charge is 0.243 e. The lowest BCUT2D eigenvalue weighted by atomic mass is 9.98. The van der Waals surface area contributed by atoms with Gasteiger partial charge in [-0.3, -0.25) is 4.79 Å². The van der Waals surface area contributed by atoms with Crippen molar-refractivity contribution in [2.24, 2.45) is 11.8 Å². The number of carbonyl (C=O) groups excluding carboxylic acids is 1. The third-order valence-electron chi connectivity index (χ3n) is 6.63. The van der Waals surface area contributed by atoms with Crippen LogP contribution in [-0.2, 0) is 21.4 Å². The van der Waals surface area contributed by atoms with E-state index in [4.69, 9.17) is 0 Å². The van der Waals surface area contributed by atoms with Gasteiger partial charge in [0.05, 0.1) is 10.8 Å². The summed E-state index contributed by atoms with van der Waals surface area (Å²) in [5, 5.41) is 2.97. The van der Waals surface area contributed by atoms with Gasteiger partial charge in [0.25, 0.3) is 0 Å². The lowest BCUT2D eigenvalue weighted by molar-refractivity contribution is -0.126. The SMILES string of the molecule is C[C@H]1CCCN(c2ccc(CNC(=O)[C@@H]3CCCN(S(=O)(=O)c4ccc(F)cc4)C3)cc2)C1. The third-order valence-corrected chi connectivity index (χ3v) is 8.51. The Morgan fingerprint density at radius 3 is 2.39 bits per heavy atom. The number of amides is 1. The van der Waals surface area contributed by atoms with Crippen LogP contribution in [0.1, 0.15) is 38.2 Å². The molecule has 8 heteroatoms. The predicted octanol–water partition coefficient (Wildman–Crippen LogP) is 3.78. The second-order valence-electron chi connectivity index (χ2n) is 9.23. The minimum Gasteiger partial charge on any atom is -0.371 e. The minimum absolute atomic E-state index is 0.0492. The molecule has 0 aromatic heterocycles. The summed E-state index contributed by atoms with van der Waals surface area (Å²) in [5.74, 6) is -0.311. The van der Waals surface area contributed by atoms with Crippen LogP contribution < -0.4 is 10.2 Å². The van der Waals surface area contributed by atoms with Crippen LogP contribution in [0.3, 0.4) is 0 Å². The Kier molecular flexibility index (Phi) is 7.34. The largest absolute Gasteiger partial charge is 0.371 e. The molecule has 2 heterocycles. The molecule has 2 aromatic rings. The van der Waals surface area contributed by atoms with Crippen LogP contribution in [0.25, 0.3) is 0 Å². The van der Waals surface area contributed by atoms with Crippen molar-refractivity contribution in [1.82, 2.24) is 9.62 Å². The molecule has 0 radical (unpaired) electrons. The molecule has 2 aliphatic heterocycles. The molecule has 2 aromatic carbocycles. The van der Waals surface area contributed by atoms with E-state index < -0.39 is 21.8 Å². The first-order chi connectivity index (χ1) is 15.8. The lowest BCUT2D eigenvalue weighted by Crippen LogP contribution is -2.45. The maximum absolute atomic E-state index is 13.2. The van der Waals surface area contributed by atoms with Gasteiger partial charge >= 0.3 is 0 Å². The maximum Gasteiger partial charge on any atom is 0.243 e. The Balaban J connectivity index is 1.32. The van der Waals surface area contributed by atoms with Crippen LogP contribution in [0.4, 0.5) is 10.1 Å². The summed E-state index contributed by atoms with van der Waals surface area (Å²) in [4.78, 5) is 15.2. The first kappa shape index (κ1) is 23.7. The zero-order chi connectivity index (χ0) is 23.4. The van der Waals surface area contributed by atoms with E-state index in [1.807, 2.05) is 12.1 Å². The summed E-state index contributed by atoms with van der Waals surface area (Å²) in [6, 6.07) is 13.1. The topological polar surface area (TPSA) is 69.7 Å². The number of halogens is 1. The molecular weight excluding hydrogens is 441 g/mol. The van der Waals surface area contributed by atoms with Crippen molar-refractivity contribution in [2.45, 2.75) is 44.0 Å². The van der Waals surface area contributed by atoms with Crippen molar-refractivity contribution in [3.63, 3.8) is 0 Å². The summed E-state index contributed by atoms with van der Waals surface area (Å²) < 4.78 is 40.3. The fourth-order valence-electron chi connectivity index (χ4n) is 4.71. The first-order valence-electron chi connectivity index (χ1n) is 11.7. The molecule has 2 fully saturated rings. The van der Waals surface area contributed by atoms with Gasteiger partial charge in [-0.2, -0.15) is 4.31 Å². The summed E-state index contributed by atoms with van der Waals surface area (Å²) in [7, 11) is -3.75. The van der Waals surface area contributed by atoms with Gasteiger partial charge in [0.2, 0.25) is 15.9 Å². The number of sulfonamides is 1. The molecule has 1 amide bonds. The molecule has 6 nitrogen and oxygen atoms in total. The lowest BCUT2D eigenvalue weighted by Gasteiger charge is -2.33. The van der Waals surface area contributed by atoms with Gasteiger partial charge < -0.3 is 10.2 Å². The number of hydrogen-bond donors (Lipinski definition) is 1. The van der Waals surface area contributed by atoms with E-state index in [1.54, 1.807) is 0 Å². The number of nitrogens with zero attached hydrogens (tertiary/aromatic N) is 2. The number of rotatable bonds is 6. The van der Waals surface area contributed by atoms with Gasteiger partial charge in [-0.25, -0.2) is 12.8 Å². The van der Waals surface area contributed by atoms with E-state index in [1.165, 1.54) is 35.0 Å². The summed E-state index contributed by atoms with van der Waals surface area (Å²) in [6.07, 6.45) is 3.76. The van der Waals surface area contributed by atoms with Gasteiger partial charge in [0.15, 0.2) is 0 Å². The first-order valence-corrected chi connectivity index (χ1v) is 13.1. The highest BCUT2D eigenvalue weighted by Crippen LogP contribution is 2.25.